The van der Waals surface area contributed by atoms with Crippen molar-refractivity contribution in [1.82, 2.24) is 9.80 Å². The first-order valence-corrected chi connectivity index (χ1v) is 16.2. The van der Waals surface area contributed by atoms with Crippen LogP contribution in [0.3, 0.4) is 0 Å². The van der Waals surface area contributed by atoms with Gasteiger partial charge in [-0.3, -0.25) is 19.3 Å². The third kappa shape index (κ3) is 8.29. The molecule has 47 heavy (non-hydrogen) atoms. The first-order chi connectivity index (χ1) is 22.6. The number of aliphatic hydroxyl groups is 1. The van der Waals surface area contributed by atoms with Crippen molar-refractivity contribution in [1.29, 1.82) is 0 Å². The van der Waals surface area contributed by atoms with Crippen molar-refractivity contribution in [3.63, 3.8) is 0 Å². The zero-order valence-electron chi connectivity index (χ0n) is 27.3. The van der Waals surface area contributed by atoms with Gasteiger partial charge in [-0.2, -0.15) is 0 Å². The fraction of sp³-hybridized carbons (Fsp3) is 0.417. The van der Waals surface area contributed by atoms with Crippen molar-refractivity contribution in [2.75, 3.05) is 56.3 Å². The van der Waals surface area contributed by atoms with Crippen LogP contribution in [0.15, 0.2) is 66.7 Å². The van der Waals surface area contributed by atoms with Crippen molar-refractivity contribution in [3.8, 4) is 5.75 Å². The average molecular weight is 644 g/mol. The van der Waals surface area contributed by atoms with Crippen molar-refractivity contribution < 1.29 is 29.0 Å². The first-order valence-electron chi connectivity index (χ1n) is 16.2. The Morgan fingerprint density at radius 3 is 2.43 bits per heavy atom. The molecule has 11 heteroatoms. The van der Waals surface area contributed by atoms with Gasteiger partial charge in [-0.15, -0.1) is 0 Å². The molecule has 250 valence electrons. The highest BCUT2D eigenvalue weighted by molar-refractivity contribution is 6.05. The second-order valence-corrected chi connectivity index (χ2v) is 12.6. The molecule has 3 aromatic rings. The zero-order valence-corrected chi connectivity index (χ0v) is 27.3. The normalized spacial score (nSPS) is 19.3. The molecule has 5 rings (SSSR count). The third-order valence-electron chi connectivity index (χ3n) is 8.91. The molecule has 11 nitrogen and oxygen atoms in total. The number of fused-ring (bicyclic) bond motifs is 1. The number of nitrogens with zero attached hydrogens (tertiary/aromatic N) is 2. The molecule has 0 bridgehead atoms. The number of nitrogens with one attached hydrogen (secondary N) is 2. The van der Waals surface area contributed by atoms with E-state index in [9.17, 15) is 19.5 Å². The molecule has 3 amide bonds. The van der Waals surface area contributed by atoms with E-state index in [1.165, 1.54) is 0 Å². The van der Waals surface area contributed by atoms with Gasteiger partial charge in [0.05, 0.1) is 35.3 Å². The minimum absolute atomic E-state index is 0.0979. The van der Waals surface area contributed by atoms with Crippen LogP contribution in [0.5, 0.6) is 5.75 Å². The molecule has 2 heterocycles. The summed E-state index contributed by atoms with van der Waals surface area (Å²) in [4.78, 5) is 43.6. The van der Waals surface area contributed by atoms with Crippen LogP contribution in [0.4, 0.5) is 17.1 Å². The van der Waals surface area contributed by atoms with Crippen LogP contribution >= 0.6 is 0 Å². The Morgan fingerprint density at radius 1 is 1.02 bits per heavy atom. The van der Waals surface area contributed by atoms with Crippen LogP contribution in [0, 0.1) is 11.8 Å². The molecule has 0 aromatic heterocycles. The monoisotopic (exact) mass is 643 g/mol. The van der Waals surface area contributed by atoms with E-state index < -0.39 is 6.04 Å². The fourth-order valence-electron chi connectivity index (χ4n) is 6.00. The maximum absolute atomic E-state index is 13.8. The minimum atomic E-state index is -0.399. The Kier molecular flexibility index (Phi) is 11.1. The van der Waals surface area contributed by atoms with Crippen LogP contribution in [0.25, 0.3) is 0 Å². The van der Waals surface area contributed by atoms with Crippen LogP contribution in [-0.4, -0.2) is 84.7 Å². The van der Waals surface area contributed by atoms with Gasteiger partial charge in [0.25, 0.3) is 11.8 Å². The number of ether oxygens (including phenoxy) is 2. The van der Waals surface area contributed by atoms with E-state index in [2.05, 4.69) is 15.5 Å². The van der Waals surface area contributed by atoms with Gasteiger partial charge in [-0.1, -0.05) is 37.3 Å². The van der Waals surface area contributed by atoms with Gasteiger partial charge in [0.1, 0.15) is 6.10 Å². The number of anilines is 3. The topological polar surface area (TPSA) is 146 Å². The molecular weight excluding hydrogens is 598 g/mol. The van der Waals surface area contributed by atoms with E-state index in [-0.39, 0.29) is 42.3 Å². The smallest absolute Gasteiger partial charge is 0.258 e. The van der Waals surface area contributed by atoms with Crippen LogP contribution in [0.1, 0.15) is 53.0 Å². The lowest BCUT2D eigenvalue weighted by Gasteiger charge is -2.38. The summed E-state index contributed by atoms with van der Waals surface area (Å²) in [5, 5.41) is 15.9. The lowest BCUT2D eigenvalue weighted by molar-refractivity contribution is -0.122. The summed E-state index contributed by atoms with van der Waals surface area (Å²) in [5.74, 6) is -0.543. The number of benzene rings is 3. The number of hydrogen-bond acceptors (Lipinski definition) is 8. The summed E-state index contributed by atoms with van der Waals surface area (Å²) in [6.45, 7) is 6.27. The Balaban J connectivity index is 1.32. The number of nitrogen functional groups attached to an aromatic ring is 1. The predicted molar refractivity (Wildman–Crippen MR) is 181 cm³/mol. The van der Waals surface area contributed by atoms with Gasteiger partial charge in [-0.25, -0.2) is 0 Å². The molecule has 0 unspecified atom stereocenters. The SMILES string of the molecule is C[C@H]1CN([C@@H](C)CO)C(=O)c2cccc(NC(=O)C3CCOCC3)c2O[C@@H]1CN(C)Cc1ccc(C(=O)Nc2ccccc2N)cc1. The van der Waals surface area contributed by atoms with Gasteiger partial charge < -0.3 is 35.8 Å². The van der Waals surface area contributed by atoms with E-state index in [0.717, 1.165) is 5.56 Å². The standard InChI is InChI=1S/C36H45N5O6/c1-23-19-41(24(2)22-42)36(45)28-7-6-10-31(39-35(44)27-15-17-46-18-16-27)33(28)47-32(23)21-40(3)20-25-11-13-26(14-12-25)34(43)38-30-9-5-4-8-29(30)37/h4-14,23-24,27,32,42H,15-22,37H2,1-3H3,(H,38,43)(H,39,44)/t23-,24-,32+/m0/s1. The number of rotatable bonds is 10. The molecule has 0 saturated carbocycles. The molecule has 2 aliphatic rings. The molecule has 1 fully saturated rings. The van der Waals surface area contributed by atoms with Crippen LogP contribution in [0.2, 0.25) is 0 Å². The van der Waals surface area contributed by atoms with Gasteiger partial charge in [-0.05, 0) is 68.8 Å². The zero-order chi connectivity index (χ0) is 33.5. The van der Waals surface area contributed by atoms with Crippen molar-refractivity contribution >= 4 is 34.8 Å². The van der Waals surface area contributed by atoms with E-state index in [1.54, 1.807) is 47.4 Å². The van der Waals surface area contributed by atoms with Crippen molar-refractivity contribution in [2.24, 2.45) is 11.8 Å². The number of carbonyl (C=O) groups is 3. The molecule has 0 aliphatic carbocycles. The van der Waals surface area contributed by atoms with Crippen LogP contribution < -0.4 is 21.1 Å². The number of amides is 3. The predicted octanol–water partition coefficient (Wildman–Crippen LogP) is 4.24. The summed E-state index contributed by atoms with van der Waals surface area (Å²) in [6.07, 6.45) is 0.934. The van der Waals surface area contributed by atoms with Gasteiger partial charge in [0.15, 0.2) is 5.75 Å². The lowest BCUT2D eigenvalue weighted by Crippen LogP contribution is -2.49. The van der Waals surface area contributed by atoms with E-state index in [4.69, 9.17) is 15.2 Å². The summed E-state index contributed by atoms with van der Waals surface area (Å²) >= 11 is 0. The third-order valence-corrected chi connectivity index (χ3v) is 8.91. The Morgan fingerprint density at radius 2 is 1.72 bits per heavy atom. The quantitative estimate of drug-likeness (QED) is 0.240. The summed E-state index contributed by atoms with van der Waals surface area (Å²) < 4.78 is 12.1. The molecule has 2 aliphatic heterocycles. The Bertz CT molecular complexity index is 1560. The molecule has 0 radical (unpaired) electrons. The fourth-order valence-corrected chi connectivity index (χ4v) is 6.00. The average Bonchev–Trinajstić information content (AvgIpc) is 3.08. The lowest BCUT2D eigenvalue weighted by atomic mass is 9.98. The van der Waals surface area contributed by atoms with Gasteiger partial charge in [0, 0.05) is 50.2 Å². The van der Waals surface area contributed by atoms with E-state index in [0.29, 0.717) is 79.6 Å². The first kappa shape index (κ1) is 33.9. The highest BCUT2D eigenvalue weighted by Gasteiger charge is 2.35. The van der Waals surface area contributed by atoms with Crippen LogP contribution in [-0.2, 0) is 16.1 Å². The molecule has 3 aromatic carbocycles. The molecule has 3 atom stereocenters. The number of nitrogens with two attached hydrogens (primary N) is 1. The Labute approximate surface area is 276 Å². The van der Waals surface area contributed by atoms with Crippen molar-refractivity contribution in [3.05, 3.63) is 83.4 Å². The Hall–Kier alpha value is -4.45. The highest BCUT2D eigenvalue weighted by Crippen LogP contribution is 2.35. The molecule has 1 saturated heterocycles. The highest BCUT2D eigenvalue weighted by atomic mass is 16.5. The molecule has 5 N–H and O–H groups in total. The van der Waals surface area contributed by atoms with Gasteiger partial charge >= 0.3 is 0 Å². The summed E-state index contributed by atoms with van der Waals surface area (Å²) in [5.41, 5.74) is 9.37. The maximum Gasteiger partial charge on any atom is 0.258 e. The van der Waals surface area contributed by atoms with Gasteiger partial charge in [0.2, 0.25) is 5.91 Å². The molecular formula is C36H45N5O6. The number of para-hydroxylation sites is 3. The largest absolute Gasteiger partial charge is 0.486 e. The summed E-state index contributed by atoms with van der Waals surface area (Å²) in [7, 11) is 1.99. The summed E-state index contributed by atoms with van der Waals surface area (Å²) in [6, 6.07) is 19.4. The number of likely N-dealkylation sites (N-methyl/N-ethyl adjacent to an activating group) is 1. The second kappa shape index (κ2) is 15.4. The molecule has 0 spiro atoms. The second-order valence-electron chi connectivity index (χ2n) is 12.6. The minimum Gasteiger partial charge on any atom is -0.486 e. The number of hydrogen-bond donors (Lipinski definition) is 4. The number of carbonyl (C=O) groups excluding carboxylic acids is 3. The maximum atomic E-state index is 13.8. The number of aliphatic hydroxyl groups excluding tert-OH is 1. The van der Waals surface area contributed by atoms with E-state index in [1.807, 2.05) is 45.2 Å². The van der Waals surface area contributed by atoms with Crippen molar-refractivity contribution in [2.45, 2.75) is 45.4 Å². The van der Waals surface area contributed by atoms with E-state index >= 15 is 0 Å².